The number of nitriles is 1. The first-order valence-corrected chi connectivity index (χ1v) is 12.0. The van der Waals surface area contributed by atoms with E-state index in [0.717, 1.165) is 56.5 Å². The Bertz CT molecular complexity index is 1150. The lowest BCUT2D eigenvalue weighted by molar-refractivity contribution is 0.350. The molecule has 0 bridgehead atoms. The Hall–Kier alpha value is -3.14. The molecule has 6 nitrogen and oxygen atoms in total. The molecule has 3 atom stereocenters. The summed E-state index contributed by atoms with van der Waals surface area (Å²) in [5.74, 6) is 0.584. The van der Waals surface area contributed by atoms with E-state index in [2.05, 4.69) is 69.5 Å². The summed E-state index contributed by atoms with van der Waals surface area (Å²) >= 11 is 0. The van der Waals surface area contributed by atoms with Crippen molar-refractivity contribution in [2.75, 3.05) is 36.0 Å². The summed E-state index contributed by atoms with van der Waals surface area (Å²) in [4.78, 5) is 9.32. The van der Waals surface area contributed by atoms with E-state index in [-0.39, 0.29) is 0 Å². The fraction of sp³-hybridized carbons (Fsp3) is 0.407. The standard InChI is InChI=1S/C27H32N6/c1-19-13-23(31-15-20-4-7-24(8-5-20)32-12-10-22(29)17-32)18-33(16-19)26-9-6-21(14-28)27-25(26)3-2-11-30-27/h2-9,11,19,22-23,31H,10,12-13,15-18,29H2,1H3. The number of hydrogen-bond donors (Lipinski definition) is 2. The molecule has 2 saturated heterocycles. The minimum absolute atomic E-state index is 0.298. The highest BCUT2D eigenvalue weighted by Crippen LogP contribution is 2.31. The average molecular weight is 441 g/mol. The third kappa shape index (κ3) is 4.66. The highest BCUT2D eigenvalue weighted by Gasteiger charge is 2.26. The summed E-state index contributed by atoms with van der Waals surface area (Å²) in [5, 5.41) is 14.3. The molecule has 2 fully saturated rings. The van der Waals surface area contributed by atoms with Crippen molar-refractivity contribution in [1.29, 1.82) is 5.26 Å². The predicted molar refractivity (Wildman–Crippen MR) is 134 cm³/mol. The molecule has 2 aromatic carbocycles. The first-order valence-electron chi connectivity index (χ1n) is 12.0. The van der Waals surface area contributed by atoms with Crippen LogP contribution in [0.25, 0.3) is 10.9 Å². The molecule has 0 aliphatic carbocycles. The van der Waals surface area contributed by atoms with Crippen LogP contribution in [0.15, 0.2) is 54.7 Å². The van der Waals surface area contributed by atoms with E-state index in [9.17, 15) is 5.26 Å². The number of nitrogens with zero attached hydrogens (tertiary/aromatic N) is 4. The van der Waals surface area contributed by atoms with Crippen molar-refractivity contribution in [3.05, 3.63) is 65.9 Å². The van der Waals surface area contributed by atoms with Gasteiger partial charge in [0, 0.05) is 67.8 Å². The number of hydrogen-bond acceptors (Lipinski definition) is 6. The molecule has 3 unspecified atom stereocenters. The van der Waals surface area contributed by atoms with Gasteiger partial charge in [-0.25, -0.2) is 0 Å². The molecule has 2 aliphatic heterocycles. The van der Waals surface area contributed by atoms with Crippen molar-refractivity contribution >= 4 is 22.3 Å². The van der Waals surface area contributed by atoms with Gasteiger partial charge in [0.1, 0.15) is 6.07 Å². The van der Waals surface area contributed by atoms with Gasteiger partial charge >= 0.3 is 0 Å². The van der Waals surface area contributed by atoms with Crippen LogP contribution in [0, 0.1) is 17.2 Å². The second-order valence-electron chi connectivity index (χ2n) is 9.63. The number of pyridine rings is 1. The molecule has 5 rings (SSSR count). The van der Waals surface area contributed by atoms with Gasteiger partial charge in [0.15, 0.2) is 0 Å². The molecule has 0 amide bonds. The van der Waals surface area contributed by atoms with Crippen LogP contribution in [0.2, 0.25) is 0 Å². The predicted octanol–water partition coefficient (Wildman–Crippen LogP) is 3.65. The van der Waals surface area contributed by atoms with Gasteiger partial charge in [-0.3, -0.25) is 4.98 Å². The van der Waals surface area contributed by atoms with Gasteiger partial charge in [-0.15, -0.1) is 0 Å². The number of fused-ring (bicyclic) bond motifs is 1. The molecule has 33 heavy (non-hydrogen) atoms. The lowest BCUT2D eigenvalue weighted by Crippen LogP contribution is -2.48. The Morgan fingerprint density at radius 3 is 2.70 bits per heavy atom. The highest BCUT2D eigenvalue weighted by molar-refractivity contribution is 5.95. The SMILES string of the molecule is CC1CC(NCc2ccc(N3CCC(N)C3)cc2)CN(c2ccc(C#N)c3ncccc23)C1. The number of benzene rings is 2. The number of nitrogens with two attached hydrogens (primary N) is 1. The highest BCUT2D eigenvalue weighted by atomic mass is 15.2. The third-order valence-corrected chi connectivity index (χ3v) is 6.99. The van der Waals surface area contributed by atoms with Crippen LogP contribution < -0.4 is 20.9 Å². The Morgan fingerprint density at radius 1 is 1.09 bits per heavy atom. The Balaban J connectivity index is 1.26. The van der Waals surface area contributed by atoms with Gasteiger partial charge in [0.2, 0.25) is 0 Å². The summed E-state index contributed by atoms with van der Waals surface area (Å²) in [6.45, 7) is 7.15. The van der Waals surface area contributed by atoms with E-state index < -0.39 is 0 Å². The second kappa shape index (κ2) is 9.38. The van der Waals surface area contributed by atoms with Crippen LogP contribution in [0.3, 0.4) is 0 Å². The van der Waals surface area contributed by atoms with Crippen LogP contribution in [0.5, 0.6) is 0 Å². The van der Waals surface area contributed by atoms with Crippen molar-refractivity contribution in [3.8, 4) is 6.07 Å². The molecule has 3 heterocycles. The number of aromatic nitrogens is 1. The number of rotatable bonds is 5. The van der Waals surface area contributed by atoms with Crippen molar-refractivity contribution in [1.82, 2.24) is 10.3 Å². The normalized spacial score (nSPS) is 23.1. The van der Waals surface area contributed by atoms with E-state index >= 15 is 0 Å². The van der Waals surface area contributed by atoms with Crippen LogP contribution in [-0.4, -0.2) is 43.2 Å². The van der Waals surface area contributed by atoms with Crippen LogP contribution in [0.4, 0.5) is 11.4 Å². The molecular formula is C27H32N6. The lowest BCUT2D eigenvalue weighted by Gasteiger charge is -2.39. The Kier molecular flexibility index (Phi) is 6.17. The zero-order chi connectivity index (χ0) is 22.8. The first kappa shape index (κ1) is 21.7. The van der Waals surface area contributed by atoms with E-state index in [0.29, 0.717) is 23.6 Å². The van der Waals surface area contributed by atoms with Crippen LogP contribution in [-0.2, 0) is 6.54 Å². The fourth-order valence-corrected chi connectivity index (χ4v) is 5.33. The zero-order valence-electron chi connectivity index (χ0n) is 19.2. The van der Waals surface area contributed by atoms with E-state index in [1.165, 1.54) is 16.9 Å². The van der Waals surface area contributed by atoms with Gasteiger partial charge in [-0.2, -0.15) is 5.26 Å². The first-order chi connectivity index (χ1) is 16.1. The molecule has 170 valence electrons. The smallest absolute Gasteiger partial charge is 0.101 e. The van der Waals surface area contributed by atoms with Crippen molar-refractivity contribution in [2.24, 2.45) is 11.7 Å². The maximum Gasteiger partial charge on any atom is 0.101 e. The molecule has 0 saturated carbocycles. The summed E-state index contributed by atoms with van der Waals surface area (Å²) in [6, 6.07) is 19.9. The minimum Gasteiger partial charge on any atom is -0.370 e. The fourth-order valence-electron chi connectivity index (χ4n) is 5.33. The van der Waals surface area contributed by atoms with Gasteiger partial charge in [0.05, 0.1) is 11.1 Å². The van der Waals surface area contributed by atoms with Crippen molar-refractivity contribution < 1.29 is 0 Å². The number of anilines is 2. The average Bonchev–Trinajstić information content (AvgIpc) is 3.28. The summed E-state index contributed by atoms with van der Waals surface area (Å²) in [7, 11) is 0. The Labute approximate surface area is 196 Å². The maximum atomic E-state index is 9.47. The zero-order valence-corrected chi connectivity index (χ0v) is 19.2. The van der Waals surface area contributed by atoms with Crippen molar-refractivity contribution in [3.63, 3.8) is 0 Å². The van der Waals surface area contributed by atoms with Gasteiger partial charge in [-0.05, 0) is 60.7 Å². The largest absolute Gasteiger partial charge is 0.370 e. The maximum absolute atomic E-state index is 9.47. The summed E-state index contributed by atoms with van der Waals surface area (Å²) in [5.41, 5.74) is 11.2. The third-order valence-electron chi connectivity index (χ3n) is 6.99. The van der Waals surface area contributed by atoms with Crippen molar-refractivity contribution in [2.45, 2.75) is 38.4 Å². The van der Waals surface area contributed by atoms with E-state index in [1.54, 1.807) is 6.20 Å². The molecule has 1 aromatic heterocycles. The van der Waals surface area contributed by atoms with Gasteiger partial charge in [-0.1, -0.05) is 19.1 Å². The quantitative estimate of drug-likeness (QED) is 0.630. The summed E-state index contributed by atoms with van der Waals surface area (Å²) < 4.78 is 0. The number of nitrogens with one attached hydrogen (secondary N) is 1. The molecule has 0 spiro atoms. The molecule has 6 heteroatoms. The van der Waals surface area contributed by atoms with Gasteiger partial charge in [0.25, 0.3) is 0 Å². The van der Waals surface area contributed by atoms with Crippen LogP contribution in [0.1, 0.15) is 30.9 Å². The Morgan fingerprint density at radius 2 is 1.94 bits per heavy atom. The molecule has 3 N–H and O–H groups in total. The van der Waals surface area contributed by atoms with Gasteiger partial charge < -0.3 is 20.9 Å². The molecular weight excluding hydrogens is 408 g/mol. The molecule has 0 radical (unpaired) electrons. The summed E-state index contributed by atoms with van der Waals surface area (Å²) in [6.07, 6.45) is 4.00. The second-order valence-corrected chi connectivity index (χ2v) is 9.63. The topological polar surface area (TPSA) is 81.2 Å². The van der Waals surface area contributed by atoms with E-state index in [1.807, 2.05) is 12.1 Å². The lowest BCUT2D eigenvalue weighted by atomic mass is 9.94. The molecule has 2 aliphatic rings. The van der Waals surface area contributed by atoms with E-state index in [4.69, 9.17) is 5.73 Å². The number of piperidine rings is 1. The van der Waals surface area contributed by atoms with Crippen LogP contribution >= 0.6 is 0 Å². The monoisotopic (exact) mass is 440 g/mol. The molecule has 3 aromatic rings. The minimum atomic E-state index is 0.298.